The molecule has 0 fully saturated rings. The maximum Gasteiger partial charge on any atom is 0.0483 e. The van der Waals surface area contributed by atoms with Gasteiger partial charge in [0, 0.05) is 24.3 Å². The highest BCUT2D eigenvalue weighted by Crippen LogP contribution is 2.22. The van der Waals surface area contributed by atoms with Gasteiger partial charge >= 0.3 is 0 Å². The third-order valence-electron chi connectivity index (χ3n) is 3.92. The van der Waals surface area contributed by atoms with Crippen molar-refractivity contribution in [3.05, 3.63) is 71.9 Å². The van der Waals surface area contributed by atoms with Crippen LogP contribution >= 0.6 is 0 Å². The first-order valence-corrected chi connectivity index (χ1v) is 7.08. The third-order valence-corrected chi connectivity index (χ3v) is 3.92. The normalized spacial score (nSPS) is 12.7. The van der Waals surface area contributed by atoms with E-state index in [-0.39, 0.29) is 0 Å². The number of rotatable bonds is 4. The van der Waals surface area contributed by atoms with Crippen molar-refractivity contribution in [1.82, 2.24) is 9.88 Å². The molecule has 0 amide bonds. The summed E-state index contributed by atoms with van der Waals surface area (Å²) < 4.78 is 2.30. The fourth-order valence-corrected chi connectivity index (χ4v) is 2.57. The van der Waals surface area contributed by atoms with Crippen LogP contribution in [0.15, 0.2) is 60.8 Å². The second kappa shape index (κ2) is 5.51. The van der Waals surface area contributed by atoms with Crippen molar-refractivity contribution >= 4 is 10.9 Å². The highest BCUT2D eigenvalue weighted by atomic mass is 14.9. The number of nitrogens with zero attached hydrogens (tertiary/aromatic N) is 1. The number of fused-ring (bicyclic) bond motifs is 1. The Labute approximate surface area is 120 Å². The quantitative estimate of drug-likeness (QED) is 0.754. The lowest BCUT2D eigenvalue weighted by atomic mass is 10.1. The molecule has 1 heterocycles. The number of hydrogen-bond donors (Lipinski definition) is 1. The zero-order valence-electron chi connectivity index (χ0n) is 12.0. The first-order chi connectivity index (χ1) is 9.78. The van der Waals surface area contributed by atoms with Crippen molar-refractivity contribution in [2.24, 2.45) is 0 Å². The van der Waals surface area contributed by atoms with Gasteiger partial charge in [-0.3, -0.25) is 0 Å². The van der Waals surface area contributed by atoms with Crippen molar-refractivity contribution in [2.75, 3.05) is 7.05 Å². The monoisotopic (exact) mass is 264 g/mol. The summed E-state index contributed by atoms with van der Waals surface area (Å²) in [6.45, 7) is 3.10. The summed E-state index contributed by atoms with van der Waals surface area (Å²) in [6.07, 6.45) is 2.17. The molecule has 2 nitrogen and oxygen atoms in total. The van der Waals surface area contributed by atoms with Gasteiger partial charge in [0.15, 0.2) is 0 Å². The second-order valence-corrected chi connectivity index (χ2v) is 5.26. The van der Waals surface area contributed by atoms with Crippen LogP contribution in [0.4, 0.5) is 0 Å². The number of nitrogens with one attached hydrogen (secondary N) is 1. The molecule has 102 valence electrons. The van der Waals surface area contributed by atoms with Crippen LogP contribution in [0.5, 0.6) is 0 Å². The van der Waals surface area contributed by atoms with Gasteiger partial charge < -0.3 is 9.88 Å². The minimum absolute atomic E-state index is 0.386. The van der Waals surface area contributed by atoms with Gasteiger partial charge in [-0.1, -0.05) is 36.4 Å². The lowest BCUT2D eigenvalue weighted by Crippen LogP contribution is -2.11. The van der Waals surface area contributed by atoms with Crippen LogP contribution in [0.3, 0.4) is 0 Å². The van der Waals surface area contributed by atoms with E-state index in [1.165, 1.54) is 22.0 Å². The fraction of sp³-hybridized carbons (Fsp3) is 0.222. The molecular weight excluding hydrogens is 244 g/mol. The summed E-state index contributed by atoms with van der Waals surface area (Å²) in [5.41, 5.74) is 3.95. The van der Waals surface area contributed by atoms with Crippen LogP contribution in [0.2, 0.25) is 0 Å². The lowest BCUT2D eigenvalue weighted by Gasteiger charge is -2.11. The van der Waals surface area contributed by atoms with E-state index in [0.717, 1.165) is 6.54 Å². The van der Waals surface area contributed by atoms with Crippen LogP contribution in [-0.4, -0.2) is 11.6 Å². The minimum Gasteiger partial charge on any atom is -0.343 e. The molecule has 20 heavy (non-hydrogen) atoms. The molecule has 0 saturated heterocycles. The van der Waals surface area contributed by atoms with E-state index in [0.29, 0.717) is 6.04 Å². The molecule has 1 aromatic heterocycles. The molecule has 0 bridgehead atoms. The van der Waals surface area contributed by atoms with E-state index in [2.05, 4.69) is 77.6 Å². The van der Waals surface area contributed by atoms with Crippen molar-refractivity contribution in [1.29, 1.82) is 0 Å². The van der Waals surface area contributed by atoms with Gasteiger partial charge in [-0.05, 0) is 48.7 Å². The molecule has 1 N–H and O–H groups in total. The topological polar surface area (TPSA) is 17.0 Å². The number of hydrogen-bond acceptors (Lipinski definition) is 1. The molecule has 0 aliphatic carbocycles. The predicted molar refractivity (Wildman–Crippen MR) is 85.0 cm³/mol. The van der Waals surface area contributed by atoms with Crippen LogP contribution in [0.1, 0.15) is 24.1 Å². The number of benzene rings is 2. The third kappa shape index (κ3) is 2.47. The molecule has 0 radical (unpaired) electrons. The van der Waals surface area contributed by atoms with Crippen LogP contribution in [-0.2, 0) is 6.54 Å². The van der Waals surface area contributed by atoms with E-state index in [1.807, 2.05) is 7.05 Å². The van der Waals surface area contributed by atoms with E-state index in [9.17, 15) is 0 Å². The summed E-state index contributed by atoms with van der Waals surface area (Å²) in [5, 5.41) is 4.59. The molecule has 0 aliphatic rings. The standard InChI is InChI=1S/C18H20N2/c1-14(19-2)16-8-9-18-17(12-16)10-11-20(18)13-15-6-4-3-5-7-15/h3-12,14,19H,13H2,1-2H3. The van der Waals surface area contributed by atoms with Crippen molar-refractivity contribution < 1.29 is 0 Å². The minimum atomic E-state index is 0.386. The van der Waals surface area contributed by atoms with E-state index < -0.39 is 0 Å². The van der Waals surface area contributed by atoms with Gasteiger partial charge in [-0.15, -0.1) is 0 Å². The Morgan fingerprint density at radius 3 is 2.60 bits per heavy atom. The molecule has 2 heteroatoms. The van der Waals surface area contributed by atoms with Gasteiger partial charge in [0.05, 0.1) is 0 Å². The summed E-state index contributed by atoms with van der Waals surface area (Å²) in [6, 6.07) is 19.9. The van der Waals surface area contributed by atoms with E-state index in [4.69, 9.17) is 0 Å². The van der Waals surface area contributed by atoms with Crippen molar-refractivity contribution in [3.63, 3.8) is 0 Å². The highest BCUT2D eigenvalue weighted by Gasteiger charge is 2.06. The van der Waals surface area contributed by atoms with Crippen LogP contribution in [0.25, 0.3) is 10.9 Å². The summed E-state index contributed by atoms with van der Waals surface area (Å²) in [5.74, 6) is 0. The van der Waals surface area contributed by atoms with Crippen molar-refractivity contribution in [2.45, 2.75) is 19.5 Å². The Bertz CT molecular complexity index is 698. The van der Waals surface area contributed by atoms with Gasteiger partial charge in [0.1, 0.15) is 0 Å². The SMILES string of the molecule is CNC(C)c1ccc2c(ccn2Cc2ccccc2)c1. The molecule has 2 aromatic carbocycles. The molecule has 0 saturated carbocycles. The summed E-state index contributed by atoms with van der Waals surface area (Å²) in [7, 11) is 2.00. The van der Waals surface area contributed by atoms with E-state index >= 15 is 0 Å². The van der Waals surface area contributed by atoms with Crippen LogP contribution in [0, 0.1) is 0 Å². The Balaban J connectivity index is 1.94. The second-order valence-electron chi connectivity index (χ2n) is 5.26. The van der Waals surface area contributed by atoms with Gasteiger partial charge in [0.2, 0.25) is 0 Å². The fourth-order valence-electron chi connectivity index (χ4n) is 2.57. The lowest BCUT2D eigenvalue weighted by molar-refractivity contribution is 0.653. The maximum atomic E-state index is 3.29. The molecule has 3 rings (SSSR count). The molecule has 1 unspecified atom stereocenters. The zero-order chi connectivity index (χ0) is 13.9. The Kier molecular flexibility index (Phi) is 3.57. The smallest absolute Gasteiger partial charge is 0.0483 e. The Hall–Kier alpha value is -2.06. The molecule has 0 spiro atoms. The molecule has 3 aromatic rings. The summed E-state index contributed by atoms with van der Waals surface area (Å²) in [4.78, 5) is 0. The molecule has 0 aliphatic heterocycles. The largest absolute Gasteiger partial charge is 0.343 e. The Morgan fingerprint density at radius 2 is 1.85 bits per heavy atom. The number of aromatic nitrogens is 1. The van der Waals surface area contributed by atoms with E-state index in [1.54, 1.807) is 0 Å². The summed E-state index contributed by atoms with van der Waals surface area (Å²) >= 11 is 0. The Morgan fingerprint density at radius 1 is 1.05 bits per heavy atom. The first kappa shape index (κ1) is 12.9. The highest BCUT2D eigenvalue weighted by molar-refractivity contribution is 5.81. The van der Waals surface area contributed by atoms with Gasteiger partial charge in [-0.25, -0.2) is 0 Å². The van der Waals surface area contributed by atoms with Crippen molar-refractivity contribution in [3.8, 4) is 0 Å². The van der Waals surface area contributed by atoms with Gasteiger partial charge in [-0.2, -0.15) is 0 Å². The van der Waals surface area contributed by atoms with Gasteiger partial charge in [0.25, 0.3) is 0 Å². The molecular formula is C18H20N2. The van der Waals surface area contributed by atoms with Crippen LogP contribution < -0.4 is 5.32 Å². The molecule has 1 atom stereocenters. The zero-order valence-corrected chi connectivity index (χ0v) is 12.0. The first-order valence-electron chi connectivity index (χ1n) is 7.08. The average molecular weight is 264 g/mol. The maximum absolute atomic E-state index is 3.29. The average Bonchev–Trinajstić information content (AvgIpc) is 2.90. The predicted octanol–water partition coefficient (Wildman–Crippen LogP) is 3.97.